The van der Waals surface area contributed by atoms with Crippen LogP contribution in [0, 0.1) is 11.3 Å². The van der Waals surface area contributed by atoms with E-state index in [9.17, 15) is 14.9 Å². The van der Waals surface area contributed by atoms with Gasteiger partial charge in [0.05, 0.1) is 24.3 Å². The van der Waals surface area contributed by atoms with Crippen LogP contribution in [0.4, 0.5) is 0 Å². The molecular formula is C27H43N5O4. The van der Waals surface area contributed by atoms with E-state index in [4.69, 9.17) is 9.47 Å². The van der Waals surface area contributed by atoms with Gasteiger partial charge in [0.15, 0.2) is 5.69 Å². The van der Waals surface area contributed by atoms with Gasteiger partial charge in [-0.3, -0.25) is 9.59 Å². The second-order valence-electron chi connectivity index (χ2n) is 10.0. The molecule has 4 atom stereocenters. The molecule has 0 aromatic carbocycles. The maximum atomic E-state index is 13.2. The summed E-state index contributed by atoms with van der Waals surface area (Å²) in [4.78, 5) is 26.2. The average molecular weight is 502 g/mol. The molecule has 0 spiro atoms. The van der Waals surface area contributed by atoms with Crippen LogP contribution >= 0.6 is 0 Å². The van der Waals surface area contributed by atoms with Crippen LogP contribution in [0.1, 0.15) is 107 Å². The molecule has 9 nitrogen and oxygen atoms in total. The lowest BCUT2D eigenvalue weighted by Crippen LogP contribution is -2.48. The summed E-state index contributed by atoms with van der Waals surface area (Å²) in [5.74, 6) is -0.558. The van der Waals surface area contributed by atoms with E-state index in [1.165, 1.54) is 10.7 Å². The number of hydrogen-bond acceptors (Lipinski definition) is 6. The number of unbranched alkanes of at least 4 members (excludes halogenated alkanes) is 2. The molecule has 1 aromatic rings. The largest absolute Gasteiger partial charge is 0.376 e. The smallest absolute Gasteiger partial charge is 0.269 e. The maximum Gasteiger partial charge on any atom is 0.269 e. The Bertz CT molecular complexity index is 880. The van der Waals surface area contributed by atoms with Crippen LogP contribution in [0.2, 0.25) is 0 Å². The Kier molecular flexibility index (Phi) is 11.7. The molecule has 2 fully saturated rings. The zero-order valence-corrected chi connectivity index (χ0v) is 22.0. The van der Waals surface area contributed by atoms with Crippen molar-refractivity contribution in [3.8, 4) is 6.07 Å². The molecular weight excluding hydrogens is 458 g/mol. The SMILES string of the molecule is CCCCO[C@H]1CCCC[C@@H]1NC(=O)Cn1nc(C#N)cc1C(=O)N[C@@H]1CCCC[C@H]1OCCCC. The fourth-order valence-electron chi connectivity index (χ4n) is 5.09. The highest BCUT2D eigenvalue weighted by molar-refractivity contribution is 5.93. The molecule has 3 rings (SSSR count). The van der Waals surface area contributed by atoms with Crippen molar-refractivity contribution >= 4 is 11.8 Å². The van der Waals surface area contributed by atoms with Gasteiger partial charge in [0.1, 0.15) is 18.3 Å². The monoisotopic (exact) mass is 501 g/mol. The maximum absolute atomic E-state index is 13.2. The van der Waals surface area contributed by atoms with Crippen molar-refractivity contribution in [2.75, 3.05) is 13.2 Å². The quantitative estimate of drug-likeness (QED) is 0.396. The summed E-state index contributed by atoms with van der Waals surface area (Å²) in [6.07, 6.45) is 12.0. The van der Waals surface area contributed by atoms with E-state index in [-0.39, 0.29) is 54.0 Å². The molecule has 9 heteroatoms. The molecule has 0 aliphatic heterocycles. The van der Waals surface area contributed by atoms with E-state index >= 15 is 0 Å². The Morgan fingerprint density at radius 2 is 1.53 bits per heavy atom. The normalized spacial score (nSPS) is 24.1. The van der Waals surface area contributed by atoms with Gasteiger partial charge in [0, 0.05) is 19.3 Å². The molecule has 0 unspecified atom stereocenters. The topological polar surface area (TPSA) is 118 Å². The van der Waals surface area contributed by atoms with Crippen LogP contribution in [0.25, 0.3) is 0 Å². The molecule has 2 aliphatic carbocycles. The lowest BCUT2D eigenvalue weighted by molar-refractivity contribution is -0.124. The van der Waals surface area contributed by atoms with E-state index in [0.29, 0.717) is 13.2 Å². The van der Waals surface area contributed by atoms with Gasteiger partial charge in [-0.15, -0.1) is 0 Å². The highest BCUT2D eigenvalue weighted by Crippen LogP contribution is 2.23. The molecule has 2 aliphatic rings. The third kappa shape index (κ3) is 8.31. The number of nitriles is 1. The van der Waals surface area contributed by atoms with E-state index < -0.39 is 0 Å². The van der Waals surface area contributed by atoms with Crippen LogP contribution < -0.4 is 10.6 Å². The van der Waals surface area contributed by atoms with Gasteiger partial charge in [0.25, 0.3) is 5.91 Å². The van der Waals surface area contributed by atoms with Gasteiger partial charge in [-0.25, -0.2) is 4.68 Å². The van der Waals surface area contributed by atoms with E-state index in [1.54, 1.807) is 0 Å². The first kappa shape index (κ1) is 28.1. The average Bonchev–Trinajstić information content (AvgIpc) is 3.29. The van der Waals surface area contributed by atoms with Gasteiger partial charge in [-0.1, -0.05) is 52.4 Å². The van der Waals surface area contributed by atoms with Gasteiger partial charge in [-0.2, -0.15) is 10.4 Å². The van der Waals surface area contributed by atoms with Crippen molar-refractivity contribution < 1.29 is 19.1 Å². The molecule has 2 amide bonds. The molecule has 1 heterocycles. The van der Waals surface area contributed by atoms with Crippen LogP contribution in [0.3, 0.4) is 0 Å². The summed E-state index contributed by atoms with van der Waals surface area (Å²) in [6, 6.07) is 3.31. The summed E-state index contributed by atoms with van der Waals surface area (Å²) >= 11 is 0. The molecule has 1 aromatic heterocycles. The lowest BCUT2D eigenvalue weighted by atomic mass is 9.92. The van der Waals surface area contributed by atoms with Crippen molar-refractivity contribution in [3.63, 3.8) is 0 Å². The molecule has 0 saturated heterocycles. The van der Waals surface area contributed by atoms with Crippen molar-refractivity contribution in [2.24, 2.45) is 0 Å². The van der Waals surface area contributed by atoms with E-state index in [2.05, 4.69) is 29.6 Å². The van der Waals surface area contributed by atoms with Gasteiger partial charge in [-0.05, 0) is 38.5 Å². The standard InChI is InChI=1S/C27H43N5O4/c1-3-5-15-35-24-13-9-7-11-21(24)29-26(33)19-32-23(17-20(18-28)31-32)27(34)30-22-12-8-10-14-25(22)36-16-6-4-2/h17,21-22,24-25H,3-16,19H2,1-2H3,(H,29,33)(H,30,34)/t21-,22+,24-,25+/m0/s1. The number of nitrogens with one attached hydrogen (secondary N) is 2. The van der Waals surface area contributed by atoms with Crippen LogP contribution in [-0.4, -0.2) is 59.1 Å². The van der Waals surface area contributed by atoms with E-state index in [0.717, 1.165) is 77.0 Å². The fourth-order valence-corrected chi connectivity index (χ4v) is 5.09. The lowest BCUT2D eigenvalue weighted by Gasteiger charge is -2.32. The predicted molar refractivity (Wildman–Crippen MR) is 136 cm³/mol. The fraction of sp³-hybridized carbons (Fsp3) is 0.778. The zero-order valence-electron chi connectivity index (χ0n) is 22.0. The minimum atomic E-state index is -0.328. The first-order valence-electron chi connectivity index (χ1n) is 13.9. The highest BCUT2D eigenvalue weighted by atomic mass is 16.5. The van der Waals surface area contributed by atoms with Crippen LogP contribution in [0.15, 0.2) is 6.07 Å². The Labute approximate surface area is 215 Å². The molecule has 2 saturated carbocycles. The Morgan fingerprint density at radius 3 is 2.08 bits per heavy atom. The number of carbonyl (C=O) groups excluding carboxylic acids is 2. The number of amides is 2. The molecule has 200 valence electrons. The molecule has 0 radical (unpaired) electrons. The van der Waals surface area contributed by atoms with Crippen molar-refractivity contribution in [3.05, 3.63) is 17.5 Å². The zero-order chi connectivity index (χ0) is 25.8. The third-order valence-electron chi connectivity index (χ3n) is 7.15. The van der Waals surface area contributed by atoms with Gasteiger partial charge < -0.3 is 20.1 Å². The minimum absolute atomic E-state index is 0.0136. The number of nitrogens with zero attached hydrogens (tertiary/aromatic N) is 3. The predicted octanol–water partition coefficient (Wildman–Crippen LogP) is 3.86. The van der Waals surface area contributed by atoms with Gasteiger partial charge in [0.2, 0.25) is 5.91 Å². The number of hydrogen-bond donors (Lipinski definition) is 2. The number of rotatable bonds is 13. The summed E-state index contributed by atoms with van der Waals surface area (Å²) in [6.45, 7) is 5.53. The van der Waals surface area contributed by atoms with Crippen molar-refractivity contribution in [1.29, 1.82) is 5.26 Å². The summed E-state index contributed by atoms with van der Waals surface area (Å²) in [5, 5.41) is 19.8. The van der Waals surface area contributed by atoms with Crippen LogP contribution in [-0.2, 0) is 20.8 Å². The summed E-state index contributed by atoms with van der Waals surface area (Å²) < 4.78 is 13.4. The molecule has 36 heavy (non-hydrogen) atoms. The number of aromatic nitrogens is 2. The summed E-state index contributed by atoms with van der Waals surface area (Å²) in [7, 11) is 0. The van der Waals surface area contributed by atoms with Gasteiger partial charge >= 0.3 is 0 Å². The third-order valence-corrected chi connectivity index (χ3v) is 7.15. The van der Waals surface area contributed by atoms with Crippen molar-refractivity contribution in [1.82, 2.24) is 20.4 Å². The molecule has 0 bridgehead atoms. The minimum Gasteiger partial charge on any atom is -0.376 e. The first-order valence-corrected chi connectivity index (χ1v) is 13.9. The van der Waals surface area contributed by atoms with E-state index in [1.807, 2.05) is 6.07 Å². The Balaban J connectivity index is 1.62. The second-order valence-corrected chi connectivity index (χ2v) is 10.0. The number of ether oxygens (including phenoxy) is 2. The molecule has 2 N–H and O–H groups in total. The van der Waals surface area contributed by atoms with Crippen molar-refractivity contribution in [2.45, 2.75) is 122 Å². The highest BCUT2D eigenvalue weighted by Gasteiger charge is 2.30. The second kappa shape index (κ2) is 15.0. The first-order chi connectivity index (χ1) is 17.5. The summed E-state index contributed by atoms with van der Waals surface area (Å²) in [5.41, 5.74) is 0.338. The number of carbonyl (C=O) groups is 2. The Hall–Kier alpha value is -2.44. The Morgan fingerprint density at radius 1 is 0.972 bits per heavy atom. The van der Waals surface area contributed by atoms with Crippen LogP contribution in [0.5, 0.6) is 0 Å².